The largest absolute Gasteiger partial charge is 0.322 e. The lowest BCUT2D eigenvalue weighted by atomic mass is 9.98. The van der Waals surface area contributed by atoms with Crippen LogP contribution in [-0.4, -0.2) is 5.91 Å². The second-order valence-corrected chi connectivity index (χ2v) is 6.19. The molecule has 110 valence electrons. The maximum Gasteiger partial charge on any atom is 0.257 e. The Hall–Kier alpha value is -2.02. The number of carbonyl (C=O) groups excluding carboxylic acids is 1. The molecule has 0 unspecified atom stereocenters. The minimum Gasteiger partial charge on any atom is -0.322 e. The first kappa shape index (κ1) is 14.9. The predicted molar refractivity (Wildman–Crippen MR) is 87.4 cm³/mol. The molecule has 3 nitrogen and oxygen atoms in total. The molecule has 2 aromatic carbocycles. The van der Waals surface area contributed by atoms with Crippen LogP contribution in [0.2, 0.25) is 10.0 Å². The highest BCUT2D eigenvalue weighted by Crippen LogP contribution is 2.47. The topological polar surface area (TPSA) is 52.9 Å². The van der Waals surface area contributed by atoms with E-state index in [0.717, 1.165) is 18.4 Å². The van der Waals surface area contributed by atoms with Gasteiger partial charge >= 0.3 is 0 Å². The van der Waals surface area contributed by atoms with Crippen LogP contribution in [0.15, 0.2) is 42.5 Å². The number of carbonyl (C=O) groups is 1. The smallest absolute Gasteiger partial charge is 0.257 e. The molecule has 0 bridgehead atoms. The lowest BCUT2D eigenvalue weighted by molar-refractivity contribution is 0.102. The quantitative estimate of drug-likeness (QED) is 0.878. The summed E-state index contributed by atoms with van der Waals surface area (Å²) >= 11 is 11.8. The van der Waals surface area contributed by atoms with Crippen LogP contribution >= 0.6 is 23.2 Å². The fraction of sp³-hybridized carbons (Fsp3) is 0.176. The molecular formula is C17H12Cl2N2O. The molecule has 3 rings (SSSR count). The van der Waals surface area contributed by atoms with Gasteiger partial charge in [0.15, 0.2) is 0 Å². The van der Waals surface area contributed by atoms with E-state index in [1.807, 2.05) is 12.1 Å². The highest BCUT2D eigenvalue weighted by atomic mass is 35.5. The molecule has 0 heterocycles. The van der Waals surface area contributed by atoms with Gasteiger partial charge in [0, 0.05) is 10.7 Å². The molecule has 0 aromatic heterocycles. The van der Waals surface area contributed by atoms with Gasteiger partial charge in [-0.1, -0.05) is 35.3 Å². The third-order valence-electron chi connectivity index (χ3n) is 3.84. The van der Waals surface area contributed by atoms with E-state index in [0.29, 0.717) is 21.3 Å². The lowest BCUT2D eigenvalue weighted by Crippen LogP contribution is -2.12. The Balaban J connectivity index is 1.76. The normalized spacial score (nSPS) is 15.0. The van der Waals surface area contributed by atoms with Crippen molar-refractivity contribution >= 4 is 34.8 Å². The Morgan fingerprint density at radius 1 is 1.14 bits per heavy atom. The van der Waals surface area contributed by atoms with Gasteiger partial charge < -0.3 is 5.32 Å². The number of anilines is 1. The van der Waals surface area contributed by atoms with E-state index in [4.69, 9.17) is 23.2 Å². The van der Waals surface area contributed by atoms with Crippen molar-refractivity contribution in [1.82, 2.24) is 0 Å². The van der Waals surface area contributed by atoms with Crippen LogP contribution in [0.5, 0.6) is 0 Å². The number of halogens is 2. The number of hydrogen-bond donors (Lipinski definition) is 1. The third kappa shape index (κ3) is 2.81. The minimum atomic E-state index is -0.317. The maximum atomic E-state index is 12.2. The summed E-state index contributed by atoms with van der Waals surface area (Å²) in [5, 5.41) is 12.8. The van der Waals surface area contributed by atoms with Crippen molar-refractivity contribution in [3.8, 4) is 6.07 Å². The minimum absolute atomic E-state index is 0.296. The summed E-state index contributed by atoms with van der Waals surface area (Å²) < 4.78 is 0. The molecule has 0 spiro atoms. The Morgan fingerprint density at radius 3 is 2.36 bits per heavy atom. The fourth-order valence-corrected chi connectivity index (χ4v) is 2.83. The van der Waals surface area contributed by atoms with Crippen LogP contribution < -0.4 is 5.32 Å². The molecule has 5 heteroatoms. The highest BCUT2D eigenvalue weighted by molar-refractivity contribution is 6.37. The van der Waals surface area contributed by atoms with Crippen molar-refractivity contribution in [1.29, 1.82) is 5.26 Å². The second kappa shape index (κ2) is 5.64. The summed E-state index contributed by atoms with van der Waals surface area (Å²) in [5.74, 6) is -0.296. The molecule has 1 aliphatic rings. The van der Waals surface area contributed by atoms with Gasteiger partial charge in [0.05, 0.1) is 22.1 Å². The molecule has 1 saturated carbocycles. The van der Waals surface area contributed by atoms with Gasteiger partial charge in [-0.05, 0) is 48.7 Å². The average molecular weight is 331 g/mol. The van der Waals surface area contributed by atoms with Gasteiger partial charge in [-0.2, -0.15) is 5.26 Å². The summed E-state index contributed by atoms with van der Waals surface area (Å²) in [4.78, 5) is 12.2. The van der Waals surface area contributed by atoms with Crippen LogP contribution in [-0.2, 0) is 5.41 Å². The van der Waals surface area contributed by atoms with E-state index in [1.54, 1.807) is 24.3 Å². The van der Waals surface area contributed by atoms with E-state index in [-0.39, 0.29) is 11.3 Å². The summed E-state index contributed by atoms with van der Waals surface area (Å²) in [5.41, 5.74) is 1.71. The van der Waals surface area contributed by atoms with Gasteiger partial charge in [-0.25, -0.2) is 0 Å². The third-order valence-corrected chi connectivity index (χ3v) is 4.38. The molecular weight excluding hydrogens is 319 g/mol. The van der Waals surface area contributed by atoms with Crippen LogP contribution in [0.3, 0.4) is 0 Å². The van der Waals surface area contributed by atoms with E-state index < -0.39 is 0 Å². The molecule has 0 aliphatic heterocycles. The molecule has 1 fully saturated rings. The standard InChI is InChI=1S/C17H12Cl2N2O/c18-12-3-6-14(15(19)9-12)16(22)21-13-4-1-11(2-5-13)17(10-20)7-8-17/h1-6,9H,7-8H2,(H,21,22). The Labute approximate surface area is 138 Å². The molecule has 2 aromatic rings. The average Bonchev–Trinajstić information content (AvgIpc) is 3.29. The van der Waals surface area contributed by atoms with Crippen molar-refractivity contribution in [2.75, 3.05) is 5.32 Å². The van der Waals surface area contributed by atoms with Crippen molar-refractivity contribution < 1.29 is 4.79 Å². The van der Waals surface area contributed by atoms with Gasteiger partial charge in [-0.15, -0.1) is 0 Å². The molecule has 0 atom stereocenters. The first-order chi connectivity index (χ1) is 10.5. The van der Waals surface area contributed by atoms with Crippen molar-refractivity contribution in [2.24, 2.45) is 0 Å². The Kier molecular flexibility index (Phi) is 3.82. The van der Waals surface area contributed by atoms with Crippen LogP contribution in [0.1, 0.15) is 28.8 Å². The number of nitrogens with zero attached hydrogens (tertiary/aromatic N) is 1. The fourth-order valence-electron chi connectivity index (χ4n) is 2.33. The van der Waals surface area contributed by atoms with E-state index in [1.165, 1.54) is 6.07 Å². The van der Waals surface area contributed by atoms with Crippen molar-refractivity contribution in [2.45, 2.75) is 18.3 Å². The molecule has 1 N–H and O–H groups in total. The molecule has 22 heavy (non-hydrogen) atoms. The zero-order chi connectivity index (χ0) is 15.7. The Morgan fingerprint density at radius 2 is 1.82 bits per heavy atom. The summed E-state index contributed by atoms with van der Waals surface area (Å²) in [6, 6.07) is 14.5. The molecule has 1 amide bonds. The van der Waals surface area contributed by atoms with E-state index >= 15 is 0 Å². The van der Waals surface area contributed by atoms with Crippen molar-refractivity contribution in [3.05, 3.63) is 63.6 Å². The van der Waals surface area contributed by atoms with Crippen LogP contribution in [0, 0.1) is 11.3 Å². The summed E-state index contributed by atoms with van der Waals surface area (Å²) in [6.45, 7) is 0. The number of nitriles is 1. The zero-order valence-electron chi connectivity index (χ0n) is 11.6. The number of rotatable bonds is 3. The number of amides is 1. The van der Waals surface area contributed by atoms with Gasteiger partial charge in [0.25, 0.3) is 5.91 Å². The number of hydrogen-bond acceptors (Lipinski definition) is 2. The summed E-state index contributed by atoms with van der Waals surface area (Å²) in [7, 11) is 0. The van der Waals surface area contributed by atoms with Crippen LogP contribution in [0.25, 0.3) is 0 Å². The monoisotopic (exact) mass is 330 g/mol. The maximum absolute atomic E-state index is 12.2. The second-order valence-electron chi connectivity index (χ2n) is 5.35. The lowest BCUT2D eigenvalue weighted by Gasteiger charge is -2.10. The predicted octanol–water partition coefficient (Wildman–Crippen LogP) is 4.80. The van der Waals surface area contributed by atoms with Gasteiger partial charge in [0.1, 0.15) is 0 Å². The van der Waals surface area contributed by atoms with Gasteiger partial charge in [0.2, 0.25) is 0 Å². The Bertz CT molecular complexity index is 774. The summed E-state index contributed by atoms with van der Waals surface area (Å²) in [6.07, 6.45) is 1.80. The first-order valence-corrected chi connectivity index (χ1v) is 7.58. The SMILES string of the molecule is N#CC1(c2ccc(NC(=O)c3ccc(Cl)cc3Cl)cc2)CC1. The zero-order valence-corrected chi connectivity index (χ0v) is 13.1. The number of benzene rings is 2. The number of nitrogens with one attached hydrogen (secondary N) is 1. The van der Waals surface area contributed by atoms with Crippen LogP contribution in [0.4, 0.5) is 5.69 Å². The molecule has 1 aliphatic carbocycles. The highest BCUT2D eigenvalue weighted by Gasteiger charge is 2.44. The van der Waals surface area contributed by atoms with Crippen molar-refractivity contribution in [3.63, 3.8) is 0 Å². The first-order valence-electron chi connectivity index (χ1n) is 6.82. The van der Waals surface area contributed by atoms with Gasteiger partial charge in [-0.3, -0.25) is 4.79 Å². The molecule has 0 radical (unpaired) electrons. The van der Waals surface area contributed by atoms with E-state index in [9.17, 15) is 10.1 Å². The molecule has 0 saturated heterocycles. The van der Waals surface area contributed by atoms with E-state index in [2.05, 4.69) is 11.4 Å².